The Labute approximate surface area is 173 Å². The number of para-hydroxylation sites is 1. The second-order valence-corrected chi connectivity index (χ2v) is 7.74. The summed E-state index contributed by atoms with van der Waals surface area (Å²) in [6.45, 7) is 2.06. The van der Waals surface area contributed by atoms with Crippen molar-refractivity contribution in [3.05, 3.63) is 82.4 Å². The van der Waals surface area contributed by atoms with Gasteiger partial charge in [0, 0.05) is 16.2 Å². The van der Waals surface area contributed by atoms with Gasteiger partial charge in [-0.25, -0.2) is 0 Å². The fraction of sp³-hybridized carbons (Fsp3) is 0.182. The van der Waals surface area contributed by atoms with Crippen LogP contribution in [0.2, 0.25) is 0 Å². The molecule has 1 aliphatic rings. The third-order valence-corrected chi connectivity index (χ3v) is 5.91. The van der Waals surface area contributed by atoms with Crippen LogP contribution in [0.5, 0.6) is 11.6 Å². The molecule has 2 heterocycles. The van der Waals surface area contributed by atoms with E-state index < -0.39 is 5.92 Å². The Hall–Kier alpha value is -3.37. The molecule has 7 heteroatoms. The molecule has 6 nitrogen and oxygen atoms in total. The monoisotopic (exact) mass is 404 g/mol. The zero-order valence-corrected chi connectivity index (χ0v) is 16.9. The summed E-state index contributed by atoms with van der Waals surface area (Å²) >= 11 is 1.69. The first-order chi connectivity index (χ1) is 14.1. The fourth-order valence-electron chi connectivity index (χ4n) is 3.42. The van der Waals surface area contributed by atoms with E-state index in [0.717, 1.165) is 21.7 Å². The summed E-state index contributed by atoms with van der Waals surface area (Å²) in [6, 6.07) is 18.2. The van der Waals surface area contributed by atoms with Crippen LogP contribution in [-0.4, -0.2) is 17.3 Å². The minimum absolute atomic E-state index is 0.0696. The van der Waals surface area contributed by atoms with E-state index in [4.69, 9.17) is 15.2 Å². The summed E-state index contributed by atoms with van der Waals surface area (Å²) in [5.41, 5.74) is 10.2. The number of ether oxygens (including phenoxy) is 2. The molecule has 1 atom stereocenters. The minimum Gasteiger partial charge on any atom is -0.496 e. The fourth-order valence-corrected chi connectivity index (χ4v) is 4.28. The molecule has 1 aromatic heterocycles. The lowest BCUT2D eigenvalue weighted by Gasteiger charge is -2.25. The SMILES string of the molecule is COc1ccccc1[C@@H]1C(C#N)=C(N)Oc2n[nH]c(CSc3ccc(C)cc3)c21. The van der Waals surface area contributed by atoms with Crippen LogP contribution in [0.1, 0.15) is 28.3 Å². The lowest BCUT2D eigenvalue weighted by Crippen LogP contribution is -2.21. The number of aromatic nitrogens is 2. The second kappa shape index (κ2) is 7.94. The van der Waals surface area contributed by atoms with Gasteiger partial charge in [0.05, 0.1) is 24.3 Å². The van der Waals surface area contributed by atoms with Crippen molar-refractivity contribution in [3.8, 4) is 17.7 Å². The zero-order valence-electron chi connectivity index (χ0n) is 16.1. The lowest BCUT2D eigenvalue weighted by molar-refractivity contribution is 0.375. The average molecular weight is 404 g/mol. The first-order valence-electron chi connectivity index (χ1n) is 9.09. The van der Waals surface area contributed by atoms with Gasteiger partial charge in [0.25, 0.3) is 0 Å². The maximum atomic E-state index is 9.80. The van der Waals surface area contributed by atoms with E-state index in [2.05, 4.69) is 47.5 Å². The maximum absolute atomic E-state index is 9.80. The number of fused-ring (bicyclic) bond motifs is 1. The Morgan fingerprint density at radius 1 is 1.24 bits per heavy atom. The van der Waals surface area contributed by atoms with Gasteiger partial charge in [-0.2, -0.15) is 5.26 Å². The molecule has 146 valence electrons. The summed E-state index contributed by atoms with van der Waals surface area (Å²) < 4.78 is 11.2. The van der Waals surface area contributed by atoms with Gasteiger partial charge in [0.1, 0.15) is 17.4 Å². The Bertz CT molecular complexity index is 1110. The number of methoxy groups -OCH3 is 1. The quantitative estimate of drug-likeness (QED) is 0.618. The van der Waals surface area contributed by atoms with Crippen molar-refractivity contribution in [2.45, 2.75) is 23.5 Å². The molecule has 0 radical (unpaired) electrons. The van der Waals surface area contributed by atoms with E-state index in [1.807, 2.05) is 24.3 Å². The highest BCUT2D eigenvalue weighted by Crippen LogP contribution is 2.46. The van der Waals surface area contributed by atoms with Gasteiger partial charge in [-0.15, -0.1) is 16.9 Å². The van der Waals surface area contributed by atoms with E-state index in [0.29, 0.717) is 23.0 Å². The van der Waals surface area contributed by atoms with Crippen molar-refractivity contribution in [1.29, 1.82) is 5.26 Å². The standard InChI is InChI=1S/C22H20N4O2S/c1-13-7-9-14(10-8-13)29-12-17-20-19(15-5-3-4-6-18(15)27-2)16(11-23)21(24)28-22(20)26-25-17/h3-10,19H,12,24H2,1-2H3,(H,25,26)/t19-/m1/s1. The van der Waals surface area contributed by atoms with Crippen LogP contribution in [0.3, 0.4) is 0 Å². The molecule has 29 heavy (non-hydrogen) atoms. The van der Waals surface area contributed by atoms with E-state index in [1.165, 1.54) is 5.56 Å². The summed E-state index contributed by atoms with van der Waals surface area (Å²) in [4.78, 5) is 1.15. The molecule has 0 unspecified atom stereocenters. The van der Waals surface area contributed by atoms with Crippen LogP contribution in [0.4, 0.5) is 0 Å². The summed E-state index contributed by atoms with van der Waals surface area (Å²) in [5, 5.41) is 17.2. The number of H-pyrrole nitrogens is 1. The van der Waals surface area contributed by atoms with Crippen molar-refractivity contribution in [2.75, 3.05) is 7.11 Å². The van der Waals surface area contributed by atoms with Gasteiger partial charge in [0.15, 0.2) is 0 Å². The Balaban J connectivity index is 1.75. The molecule has 0 saturated carbocycles. The summed E-state index contributed by atoms with van der Waals surface area (Å²) in [7, 11) is 1.61. The molecular weight excluding hydrogens is 384 g/mol. The van der Waals surface area contributed by atoms with E-state index in [-0.39, 0.29) is 5.88 Å². The molecule has 4 rings (SSSR count). The largest absolute Gasteiger partial charge is 0.496 e. The number of allylic oxidation sites excluding steroid dienone is 1. The molecule has 0 bridgehead atoms. The predicted molar refractivity (Wildman–Crippen MR) is 112 cm³/mol. The molecule has 0 fully saturated rings. The van der Waals surface area contributed by atoms with Gasteiger partial charge in [0.2, 0.25) is 11.8 Å². The number of nitrogens with one attached hydrogen (secondary N) is 1. The van der Waals surface area contributed by atoms with Crippen LogP contribution >= 0.6 is 11.8 Å². The van der Waals surface area contributed by atoms with Crippen molar-refractivity contribution in [2.24, 2.45) is 5.73 Å². The molecule has 3 aromatic rings. The third-order valence-electron chi connectivity index (χ3n) is 4.87. The molecule has 1 aliphatic heterocycles. The van der Waals surface area contributed by atoms with Gasteiger partial charge in [-0.05, 0) is 25.1 Å². The molecule has 0 saturated heterocycles. The third kappa shape index (κ3) is 3.55. The Morgan fingerprint density at radius 3 is 2.72 bits per heavy atom. The van der Waals surface area contributed by atoms with E-state index in [1.54, 1.807) is 18.9 Å². The predicted octanol–water partition coefficient (Wildman–Crippen LogP) is 4.24. The van der Waals surface area contributed by atoms with Crippen LogP contribution < -0.4 is 15.2 Å². The molecule has 3 N–H and O–H groups in total. The summed E-state index contributed by atoms with van der Waals surface area (Å²) in [5.74, 6) is 1.40. The van der Waals surface area contributed by atoms with Crippen LogP contribution in [-0.2, 0) is 5.75 Å². The van der Waals surface area contributed by atoms with Gasteiger partial charge < -0.3 is 15.2 Å². The topological polar surface area (TPSA) is 96.9 Å². The van der Waals surface area contributed by atoms with Crippen molar-refractivity contribution >= 4 is 11.8 Å². The first-order valence-corrected chi connectivity index (χ1v) is 10.1. The zero-order chi connectivity index (χ0) is 20.4. The number of hydrogen-bond donors (Lipinski definition) is 2. The van der Waals surface area contributed by atoms with Gasteiger partial charge >= 0.3 is 0 Å². The number of benzene rings is 2. The summed E-state index contributed by atoms with van der Waals surface area (Å²) in [6.07, 6.45) is 0. The number of nitrogens with zero attached hydrogens (tertiary/aromatic N) is 2. The average Bonchev–Trinajstić information content (AvgIpc) is 3.14. The number of aryl methyl sites for hydroxylation is 1. The maximum Gasteiger partial charge on any atom is 0.244 e. The highest BCUT2D eigenvalue weighted by Gasteiger charge is 2.36. The van der Waals surface area contributed by atoms with Crippen LogP contribution in [0, 0.1) is 18.3 Å². The molecule has 2 aromatic carbocycles. The highest BCUT2D eigenvalue weighted by molar-refractivity contribution is 7.98. The number of thioether (sulfide) groups is 1. The smallest absolute Gasteiger partial charge is 0.244 e. The van der Waals surface area contributed by atoms with E-state index in [9.17, 15) is 5.26 Å². The normalized spacial score (nSPS) is 15.4. The van der Waals surface area contributed by atoms with Crippen LogP contribution in [0.25, 0.3) is 0 Å². The molecule has 0 amide bonds. The number of nitriles is 1. The minimum atomic E-state index is -0.410. The Morgan fingerprint density at radius 2 is 2.00 bits per heavy atom. The molecular formula is C22H20N4O2S. The molecule has 0 spiro atoms. The van der Waals surface area contributed by atoms with Crippen molar-refractivity contribution in [3.63, 3.8) is 0 Å². The van der Waals surface area contributed by atoms with E-state index >= 15 is 0 Å². The van der Waals surface area contributed by atoms with Crippen LogP contribution in [0.15, 0.2) is 64.9 Å². The molecule has 0 aliphatic carbocycles. The van der Waals surface area contributed by atoms with Gasteiger partial charge in [-0.3, -0.25) is 5.10 Å². The number of aromatic amines is 1. The van der Waals surface area contributed by atoms with Gasteiger partial charge in [-0.1, -0.05) is 35.9 Å². The number of rotatable bonds is 5. The number of nitrogens with two attached hydrogens (primary N) is 1. The Kier molecular flexibility index (Phi) is 5.19. The second-order valence-electron chi connectivity index (χ2n) is 6.69. The van der Waals surface area contributed by atoms with Crippen molar-refractivity contribution in [1.82, 2.24) is 10.2 Å². The van der Waals surface area contributed by atoms with Crippen molar-refractivity contribution < 1.29 is 9.47 Å². The first kappa shape index (κ1) is 19.0. The number of hydrogen-bond acceptors (Lipinski definition) is 6. The lowest BCUT2D eigenvalue weighted by atomic mass is 9.83. The highest BCUT2D eigenvalue weighted by atomic mass is 32.2.